The predicted octanol–water partition coefficient (Wildman–Crippen LogP) is 2.96. The van der Waals surface area contributed by atoms with Crippen molar-refractivity contribution in [1.29, 1.82) is 0 Å². The Morgan fingerprint density at radius 2 is 1.96 bits per heavy atom. The molecule has 1 aromatic heterocycles. The van der Waals surface area contributed by atoms with E-state index in [1.54, 1.807) is 41.2 Å². The topological polar surface area (TPSA) is 93.5 Å². The lowest BCUT2D eigenvalue weighted by atomic mass is 10.3. The van der Waals surface area contributed by atoms with Crippen LogP contribution >= 0.6 is 0 Å². The molecule has 0 unspecified atom stereocenters. The van der Waals surface area contributed by atoms with E-state index >= 15 is 0 Å². The molecule has 0 radical (unpaired) electrons. The van der Waals surface area contributed by atoms with Crippen LogP contribution < -0.4 is 10.1 Å². The van der Waals surface area contributed by atoms with E-state index in [2.05, 4.69) is 10.4 Å². The van der Waals surface area contributed by atoms with E-state index in [1.165, 1.54) is 0 Å². The van der Waals surface area contributed by atoms with E-state index < -0.39 is 5.97 Å². The molecule has 1 amide bonds. The molecule has 24 heavy (non-hydrogen) atoms. The molecule has 1 heterocycles. The lowest BCUT2D eigenvalue weighted by Crippen LogP contribution is -2.13. The van der Waals surface area contributed by atoms with E-state index in [1.807, 2.05) is 13.8 Å². The molecule has 0 aliphatic heterocycles. The largest absolute Gasteiger partial charge is 0.494 e. The van der Waals surface area contributed by atoms with Crippen LogP contribution in [0.1, 0.15) is 43.2 Å². The molecule has 128 valence electrons. The van der Waals surface area contributed by atoms with Gasteiger partial charge in [0.1, 0.15) is 5.75 Å². The highest BCUT2D eigenvalue weighted by molar-refractivity contribution is 6.02. The van der Waals surface area contributed by atoms with Crippen LogP contribution in [-0.4, -0.2) is 33.4 Å². The molecule has 0 saturated carbocycles. The number of carbonyl (C=O) groups is 2. The summed E-state index contributed by atoms with van der Waals surface area (Å²) in [4.78, 5) is 22.5. The third-order valence-corrected chi connectivity index (χ3v) is 3.29. The number of hydrogen-bond donors (Lipinski definition) is 2. The Morgan fingerprint density at radius 1 is 1.25 bits per heavy atom. The van der Waals surface area contributed by atoms with Crippen LogP contribution in [0.15, 0.2) is 36.5 Å². The minimum atomic E-state index is -0.837. The first-order chi connectivity index (χ1) is 11.5. The van der Waals surface area contributed by atoms with E-state index in [0.717, 1.165) is 0 Å². The number of nitrogens with one attached hydrogen (secondary N) is 1. The molecule has 0 saturated heterocycles. The number of amides is 1. The van der Waals surface area contributed by atoms with Crippen LogP contribution in [0.4, 0.5) is 5.69 Å². The fraction of sp³-hybridized carbons (Fsp3) is 0.353. The third kappa shape index (κ3) is 5.12. The zero-order chi connectivity index (χ0) is 17.5. The number of benzene rings is 1. The second kappa shape index (κ2) is 8.14. The molecule has 1 aromatic carbocycles. The Hall–Kier alpha value is -2.83. The molecule has 0 fully saturated rings. The summed E-state index contributed by atoms with van der Waals surface area (Å²) in [5.74, 6) is -0.483. The van der Waals surface area contributed by atoms with Gasteiger partial charge in [-0.15, -0.1) is 0 Å². The molecular weight excluding hydrogens is 310 g/mol. The maximum Gasteiger partial charge on any atom is 0.303 e. The Labute approximate surface area is 140 Å². The lowest BCUT2D eigenvalue weighted by molar-refractivity contribution is -0.137. The first-order valence-corrected chi connectivity index (χ1v) is 7.77. The molecule has 0 bridgehead atoms. The lowest BCUT2D eigenvalue weighted by Gasteiger charge is -2.07. The average molecular weight is 331 g/mol. The van der Waals surface area contributed by atoms with Crippen molar-refractivity contribution in [2.45, 2.75) is 32.7 Å². The van der Waals surface area contributed by atoms with E-state index in [9.17, 15) is 9.59 Å². The third-order valence-electron chi connectivity index (χ3n) is 3.29. The van der Waals surface area contributed by atoms with Gasteiger partial charge < -0.3 is 15.2 Å². The van der Waals surface area contributed by atoms with Gasteiger partial charge in [-0.05, 0) is 50.6 Å². The van der Waals surface area contributed by atoms with Crippen LogP contribution in [0, 0.1) is 0 Å². The summed E-state index contributed by atoms with van der Waals surface area (Å²) >= 11 is 0. The predicted molar refractivity (Wildman–Crippen MR) is 89.4 cm³/mol. The second-order valence-electron chi connectivity index (χ2n) is 5.60. The molecule has 0 aliphatic rings. The minimum Gasteiger partial charge on any atom is -0.494 e. The van der Waals surface area contributed by atoms with Crippen molar-refractivity contribution in [3.05, 3.63) is 42.2 Å². The monoisotopic (exact) mass is 331 g/mol. The van der Waals surface area contributed by atoms with Gasteiger partial charge in [0.2, 0.25) is 0 Å². The first kappa shape index (κ1) is 17.5. The number of aliphatic carboxylic acids is 1. The first-order valence-electron chi connectivity index (χ1n) is 7.77. The van der Waals surface area contributed by atoms with Crippen LogP contribution in [0.2, 0.25) is 0 Å². The highest BCUT2D eigenvalue weighted by Gasteiger charge is 2.11. The highest BCUT2D eigenvalue weighted by Crippen LogP contribution is 2.17. The quantitative estimate of drug-likeness (QED) is 0.725. The molecule has 7 nitrogen and oxygen atoms in total. The van der Waals surface area contributed by atoms with Gasteiger partial charge in [0.25, 0.3) is 5.91 Å². The van der Waals surface area contributed by atoms with Gasteiger partial charge >= 0.3 is 5.97 Å². The Kier molecular flexibility index (Phi) is 5.95. The van der Waals surface area contributed by atoms with Crippen molar-refractivity contribution in [1.82, 2.24) is 9.78 Å². The van der Waals surface area contributed by atoms with Gasteiger partial charge in [-0.2, -0.15) is 5.10 Å². The molecule has 7 heteroatoms. The van der Waals surface area contributed by atoms with Crippen molar-refractivity contribution in [3.8, 4) is 5.75 Å². The number of anilines is 1. The maximum atomic E-state index is 12.1. The molecule has 2 rings (SSSR count). The summed E-state index contributed by atoms with van der Waals surface area (Å²) in [6, 6.07) is 8.78. The summed E-state index contributed by atoms with van der Waals surface area (Å²) in [5, 5.41) is 15.5. The van der Waals surface area contributed by atoms with Gasteiger partial charge in [-0.1, -0.05) is 0 Å². The second-order valence-corrected chi connectivity index (χ2v) is 5.60. The minimum absolute atomic E-state index is 0.0805. The number of aromatic nitrogens is 2. The number of carboxylic acids is 1. The number of rotatable bonds is 8. The van der Waals surface area contributed by atoms with Crippen molar-refractivity contribution in [2.75, 3.05) is 11.9 Å². The average Bonchev–Trinajstić information content (AvgIpc) is 3.03. The van der Waals surface area contributed by atoms with Crippen molar-refractivity contribution in [2.24, 2.45) is 0 Å². The Bertz CT molecular complexity index is 692. The van der Waals surface area contributed by atoms with Crippen molar-refractivity contribution in [3.63, 3.8) is 0 Å². The molecule has 2 N–H and O–H groups in total. The van der Waals surface area contributed by atoms with Crippen molar-refractivity contribution < 1.29 is 19.4 Å². The fourth-order valence-electron chi connectivity index (χ4n) is 1.99. The Balaban J connectivity index is 1.86. The van der Waals surface area contributed by atoms with E-state index in [0.29, 0.717) is 30.2 Å². The molecule has 2 aromatic rings. The zero-order valence-electron chi connectivity index (χ0n) is 13.7. The summed E-state index contributed by atoms with van der Waals surface area (Å²) in [7, 11) is 0. The molecule has 0 aliphatic carbocycles. The van der Waals surface area contributed by atoms with E-state index in [4.69, 9.17) is 9.84 Å². The van der Waals surface area contributed by atoms with Crippen LogP contribution in [-0.2, 0) is 4.79 Å². The van der Waals surface area contributed by atoms with Gasteiger partial charge in [-0.25, -0.2) is 0 Å². The number of hydrogen-bond acceptors (Lipinski definition) is 4. The fourth-order valence-corrected chi connectivity index (χ4v) is 1.99. The summed E-state index contributed by atoms with van der Waals surface area (Å²) in [6.45, 7) is 4.32. The van der Waals surface area contributed by atoms with Gasteiger partial charge in [0, 0.05) is 24.3 Å². The smallest absolute Gasteiger partial charge is 0.303 e. The van der Waals surface area contributed by atoms with Crippen LogP contribution in [0.5, 0.6) is 5.75 Å². The van der Waals surface area contributed by atoms with Gasteiger partial charge in [0.15, 0.2) is 5.69 Å². The SMILES string of the molecule is CC(C)n1ccc(C(=O)Nc2ccc(OCCCC(=O)O)cc2)n1. The summed E-state index contributed by atoms with van der Waals surface area (Å²) < 4.78 is 7.16. The standard InChI is InChI=1S/C17H21N3O4/c1-12(2)20-10-9-15(19-20)17(23)18-13-5-7-14(8-6-13)24-11-3-4-16(21)22/h5-10,12H,3-4,11H2,1-2H3,(H,18,23)(H,21,22). The number of ether oxygens (including phenoxy) is 1. The van der Waals surface area contributed by atoms with E-state index in [-0.39, 0.29) is 18.4 Å². The summed E-state index contributed by atoms with van der Waals surface area (Å²) in [5.41, 5.74) is 0.995. The number of carbonyl (C=O) groups excluding carboxylic acids is 1. The molecule has 0 atom stereocenters. The van der Waals surface area contributed by atoms with Crippen LogP contribution in [0.25, 0.3) is 0 Å². The zero-order valence-corrected chi connectivity index (χ0v) is 13.7. The van der Waals surface area contributed by atoms with Crippen molar-refractivity contribution >= 4 is 17.6 Å². The normalized spacial score (nSPS) is 10.6. The molecule has 0 spiro atoms. The maximum absolute atomic E-state index is 12.1. The van der Waals surface area contributed by atoms with Crippen LogP contribution in [0.3, 0.4) is 0 Å². The number of nitrogens with zero attached hydrogens (tertiary/aromatic N) is 2. The summed E-state index contributed by atoms with van der Waals surface area (Å²) in [6.07, 6.45) is 2.30. The van der Waals surface area contributed by atoms with Gasteiger partial charge in [-0.3, -0.25) is 14.3 Å². The van der Waals surface area contributed by atoms with Gasteiger partial charge in [0.05, 0.1) is 6.61 Å². The Morgan fingerprint density at radius 3 is 2.54 bits per heavy atom. The number of carboxylic acid groups (broad SMARTS) is 1. The highest BCUT2D eigenvalue weighted by atomic mass is 16.5. The molecular formula is C17H21N3O4.